The molecule has 27 heavy (non-hydrogen) atoms. The highest BCUT2D eigenvalue weighted by Crippen LogP contribution is 2.19. The Morgan fingerprint density at radius 1 is 1.04 bits per heavy atom. The van der Waals surface area contributed by atoms with Crippen LogP contribution in [-0.4, -0.2) is 22.3 Å². The lowest BCUT2D eigenvalue weighted by Gasteiger charge is -2.21. The monoisotopic (exact) mass is 379 g/mol. The zero-order chi connectivity index (χ0) is 18.9. The van der Waals surface area contributed by atoms with Crippen molar-refractivity contribution in [3.63, 3.8) is 0 Å². The van der Waals surface area contributed by atoms with Gasteiger partial charge < -0.3 is 0 Å². The minimum Gasteiger partial charge on any atom is -0.298 e. The van der Waals surface area contributed by atoms with Crippen LogP contribution in [0.5, 0.6) is 0 Å². The van der Waals surface area contributed by atoms with E-state index in [1.165, 1.54) is 23.3 Å². The molecule has 0 aliphatic heterocycles. The number of benzene rings is 2. The Kier molecular flexibility index (Phi) is 7.13. The second-order valence-electron chi connectivity index (χ2n) is 6.51. The van der Waals surface area contributed by atoms with E-state index in [9.17, 15) is 4.79 Å². The van der Waals surface area contributed by atoms with Crippen molar-refractivity contribution < 1.29 is 4.79 Å². The van der Waals surface area contributed by atoms with Crippen LogP contribution in [0.2, 0.25) is 0 Å². The van der Waals surface area contributed by atoms with Crippen molar-refractivity contribution in [1.82, 2.24) is 9.88 Å². The fraction of sp³-hybridized carbons (Fsp3) is 0.273. The zero-order valence-corrected chi connectivity index (χ0v) is 16.4. The van der Waals surface area contributed by atoms with Gasteiger partial charge in [-0.15, -0.1) is 11.3 Å². The van der Waals surface area contributed by atoms with Crippen molar-refractivity contribution in [3.05, 3.63) is 82.9 Å². The first-order chi connectivity index (χ1) is 13.2. The number of unbranched alkanes of at least 4 members (excludes halogenated alkanes) is 1. The van der Waals surface area contributed by atoms with Crippen molar-refractivity contribution in [2.45, 2.75) is 32.9 Å². The third-order valence-corrected chi connectivity index (χ3v) is 5.08. The summed E-state index contributed by atoms with van der Waals surface area (Å²) in [5.74, 6) is -0.122. The van der Waals surface area contributed by atoms with Gasteiger partial charge in [0.2, 0.25) is 0 Å². The smallest absolute Gasteiger partial charge is 0.257 e. The van der Waals surface area contributed by atoms with Crippen LogP contribution in [0.4, 0.5) is 5.13 Å². The number of amides is 1. The molecule has 1 amide bonds. The molecule has 0 aliphatic carbocycles. The zero-order valence-electron chi connectivity index (χ0n) is 15.6. The van der Waals surface area contributed by atoms with Crippen LogP contribution in [0.25, 0.3) is 0 Å². The molecular weight excluding hydrogens is 354 g/mol. The predicted octanol–water partition coefficient (Wildman–Crippen LogP) is 5.20. The predicted molar refractivity (Wildman–Crippen MR) is 112 cm³/mol. The second kappa shape index (κ2) is 10.00. The van der Waals surface area contributed by atoms with E-state index in [2.05, 4.69) is 46.4 Å². The molecule has 0 radical (unpaired) electrons. The summed E-state index contributed by atoms with van der Waals surface area (Å²) in [5, 5.41) is 5.57. The molecule has 140 valence electrons. The van der Waals surface area contributed by atoms with Gasteiger partial charge in [-0.05, 0) is 30.7 Å². The molecule has 0 aliphatic rings. The fourth-order valence-electron chi connectivity index (χ4n) is 2.86. The van der Waals surface area contributed by atoms with Crippen molar-refractivity contribution >= 4 is 22.4 Å². The maximum absolute atomic E-state index is 12.3. The maximum atomic E-state index is 12.3. The number of hydrogen-bond donors (Lipinski definition) is 1. The Bertz CT molecular complexity index is 833. The van der Waals surface area contributed by atoms with Gasteiger partial charge in [0.05, 0.1) is 5.69 Å². The van der Waals surface area contributed by atoms with Gasteiger partial charge >= 0.3 is 0 Å². The van der Waals surface area contributed by atoms with Crippen LogP contribution in [0, 0.1) is 0 Å². The average Bonchev–Trinajstić information content (AvgIpc) is 3.14. The summed E-state index contributed by atoms with van der Waals surface area (Å²) in [7, 11) is 0. The minimum atomic E-state index is -0.122. The Balaban J connectivity index is 1.62. The molecule has 1 heterocycles. The molecule has 2 aromatic carbocycles. The van der Waals surface area contributed by atoms with Gasteiger partial charge in [-0.3, -0.25) is 15.0 Å². The highest BCUT2D eigenvalue weighted by atomic mass is 32.1. The van der Waals surface area contributed by atoms with E-state index in [1.807, 2.05) is 29.6 Å². The molecule has 3 aromatic rings. The van der Waals surface area contributed by atoms with E-state index in [1.54, 1.807) is 12.1 Å². The number of hydrogen-bond acceptors (Lipinski definition) is 4. The van der Waals surface area contributed by atoms with Gasteiger partial charge in [0.15, 0.2) is 5.13 Å². The van der Waals surface area contributed by atoms with Gasteiger partial charge in [-0.25, -0.2) is 4.98 Å². The van der Waals surface area contributed by atoms with E-state index in [0.29, 0.717) is 10.7 Å². The molecule has 0 saturated carbocycles. The highest BCUT2D eigenvalue weighted by molar-refractivity contribution is 7.13. The number of nitrogens with zero attached hydrogens (tertiary/aromatic N) is 2. The van der Waals surface area contributed by atoms with Crippen LogP contribution in [0.15, 0.2) is 66.0 Å². The summed E-state index contributed by atoms with van der Waals surface area (Å²) < 4.78 is 0. The normalized spacial score (nSPS) is 10.9. The Morgan fingerprint density at radius 3 is 2.44 bits per heavy atom. The van der Waals surface area contributed by atoms with Crippen LogP contribution in [0.3, 0.4) is 0 Å². The molecule has 4 nitrogen and oxygen atoms in total. The lowest BCUT2D eigenvalue weighted by Crippen LogP contribution is -2.24. The van der Waals surface area contributed by atoms with Gasteiger partial charge in [-0.2, -0.15) is 0 Å². The summed E-state index contributed by atoms with van der Waals surface area (Å²) in [6.07, 6.45) is 2.33. The number of aromatic nitrogens is 1. The molecule has 1 aromatic heterocycles. The van der Waals surface area contributed by atoms with Gasteiger partial charge in [0.1, 0.15) is 0 Å². The molecule has 5 heteroatoms. The summed E-state index contributed by atoms with van der Waals surface area (Å²) in [6, 6.07) is 19.7. The maximum Gasteiger partial charge on any atom is 0.257 e. The molecule has 0 bridgehead atoms. The first-order valence-corrected chi connectivity index (χ1v) is 10.2. The number of carbonyl (C=O) groups is 1. The van der Waals surface area contributed by atoms with Crippen molar-refractivity contribution in [1.29, 1.82) is 0 Å². The molecule has 0 saturated heterocycles. The Morgan fingerprint density at radius 2 is 1.74 bits per heavy atom. The third kappa shape index (κ3) is 6.01. The van der Waals surface area contributed by atoms with E-state index < -0.39 is 0 Å². The lowest BCUT2D eigenvalue weighted by molar-refractivity contribution is 0.102. The van der Waals surface area contributed by atoms with Crippen LogP contribution in [0.1, 0.15) is 41.4 Å². The minimum absolute atomic E-state index is 0.122. The van der Waals surface area contributed by atoms with Crippen molar-refractivity contribution in [3.8, 4) is 0 Å². The van der Waals surface area contributed by atoms with Crippen LogP contribution >= 0.6 is 11.3 Å². The van der Waals surface area contributed by atoms with E-state index in [0.717, 1.165) is 31.7 Å². The van der Waals surface area contributed by atoms with Crippen molar-refractivity contribution in [2.75, 3.05) is 11.9 Å². The largest absolute Gasteiger partial charge is 0.298 e. The molecular formula is C22H25N3OS. The highest BCUT2D eigenvalue weighted by Gasteiger charge is 2.12. The summed E-state index contributed by atoms with van der Waals surface area (Å²) in [6.45, 7) is 4.94. The molecule has 3 rings (SSSR count). The molecule has 1 N–H and O–H groups in total. The fourth-order valence-corrected chi connectivity index (χ4v) is 3.56. The Labute approximate surface area is 164 Å². The second-order valence-corrected chi connectivity index (χ2v) is 7.37. The van der Waals surface area contributed by atoms with Crippen molar-refractivity contribution in [2.24, 2.45) is 0 Å². The summed E-state index contributed by atoms with van der Waals surface area (Å²) in [4.78, 5) is 19.3. The molecule has 0 unspecified atom stereocenters. The van der Waals surface area contributed by atoms with Gasteiger partial charge in [-0.1, -0.05) is 61.9 Å². The van der Waals surface area contributed by atoms with E-state index >= 15 is 0 Å². The van der Waals surface area contributed by atoms with Gasteiger partial charge in [0, 0.05) is 24.0 Å². The number of thiazole rings is 1. The lowest BCUT2D eigenvalue weighted by atomic mass is 10.2. The first kappa shape index (κ1) is 19.3. The third-order valence-electron chi connectivity index (χ3n) is 4.27. The first-order valence-electron chi connectivity index (χ1n) is 9.31. The topological polar surface area (TPSA) is 45.2 Å². The Hall–Kier alpha value is -2.50. The van der Waals surface area contributed by atoms with Crippen LogP contribution < -0.4 is 5.32 Å². The van der Waals surface area contributed by atoms with Gasteiger partial charge in [0.25, 0.3) is 5.91 Å². The quantitative estimate of drug-likeness (QED) is 0.556. The number of rotatable bonds is 9. The van der Waals surface area contributed by atoms with Crippen LogP contribution in [-0.2, 0) is 13.1 Å². The number of anilines is 1. The molecule has 0 atom stereocenters. The van der Waals surface area contributed by atoms with E-state index in [4.69, 9.17) is 0 Å². The standard InChI is InChI=1S/C22H25N3OS/c1-2-3-14-25(15-18-10-6-4-7-11-18)16-20-17-27-22(23-20)24-21(26)19-12-8-5-9-13-19/h4-13,17H,2-3,14-16H2,1H3,(H,23,24,26). The summed E-state index contributed by atoms with van der Waals surface area (Å²) in [5.41, 5.74) is 2.94. The molecule has 0 spiro atoms. The van der Waals surface area contributed by atoms with E-state index in [-0.39, 0.29) is 5.91 Å². The average molecular weight is 380 g/mol. The molecule has 0 fully saturated rings. The number of nitrogens with one attached hydrogen (secondary N) is 1. The summed E-state index contributed by atoms with van der Waals surface area (Å²) >= 11 is 1.47. The SMILES string of the molecule is CCCCN(Cc1ccccc1)Cc1csc(NC(=O)c2ccccc2)n1. The number of carbonyl (C=O) groups excluding carboxylic acids is 1.